The molecular formula is C18H24N6O. The van der Waals surface area contributed by atoms with E-state index in [9.17, 15) is 4.79 Å². The van der Waals surface area contributed by atoms with Crippen LogP contribution in [0.2, 0.25) is 0 Å². The van der Waals surface area contributed by atoms with Crippen molar-refractivity contribution in [2.45, 2.75) is 26.2 Å². The molecule has 3 rings (SSSR count). The summed E-state index contributed by atoms with van der Waals surface area (Å²) in [6.45, 7) is 5.11. The molecule has 1 aliphatic rings. The third-order valence-corrected chi connectivity index (χ3v) is 4.11. The summed E-state index contributed by atoms with van der Waals surface area (Å²) in [5, 5.41) is 6.02. The molecular weight excluding hydrogens is 316 g/mol. The van der Waals surface area contributed by atoms with Crippen LogP contribution < -0.4 is 15.5 Å². The van der Waals surface area contributed by atoms with Gasteiger partial charge in [-0.2, -0.15) is 4.98 Å². The Balaban J connectivity index is 1.51. The zero-order chi connectivity index (χ0) is 17.5. The third-order valence-electron chi connectivity index (χ3n) is 4.11. The Morgan fingerprint density at radius 3 is 2.76 bits per heavy atom. The standard InChI is InChI=1S/C18H24N6O/c1-14-13-16(24-11-5-2-6-12-24)23-18(22-14)21-10-9-20-17(25)15-7-3-4-8-19-15/h3-4,7-8,13H,2,5-6,9-12H2,1H3,(H,20,25)(H,21,22,23). The van der Waals surface area contributed by atoms with Crippen LogP contribution in [-0.2, 0) is 0 Å². The highest BCUT2D eigenvalue weighted by molar-refractivity contribution is 5.92. The molecule has 0 saturated carbocycles. The molecule has 7 nitrogen and oxygen atoms in total. The number of anilines is 2. The Kier molecular flexibility index (Phi) is 5.77. The number of hydrogen-bond donors (Lipinski definition) is 2. The minimum atomic E-state index is -0.179. The van der Waals surface area contributed by atoms with Crippen molar-refractivity contribution < 1.29 is 4.79 Å². The summed E-state index contributed by atoms with van der Waals surface area (Å²) in [5.41, 5.74) is 1.36. The average Bonchev–Trinajstić information content (AvgIpc) is 2.66. The second-order valence-electron chi connectivity index (χ2n) is 6.14. The van der Waals surface area contributed by atoms with E-state index in [2.05, 4.69) is 30.5 Å². The zero-order valence-corrected chi connectivity index (χ0v) is 14.5. The molecule has 1 fully saturated rings. The molecule has 0 unspecified atom stereocenters. The predicted octanol–water partition coefficient (Wildman–Crippen LogP) is 2.01. The van der Waals surface area contributed by atoms with E-state index in [1.54, 1.807) is 24.4 Å². The molecule has 25 heavy (non-hydrogen) atoms. The van der Waals surface area contributed by atoms with Crippen LogP contribution in [0.1, 0.15) is 35.4 Å². The molecule has 0 aliphatic carbocycles. The number of hydrogen-bond acceptors (Lipinski definition) is 6. The number of rotatable bonds is 6. The Morgan fingerprint density at radius 2 is 2.00 bits per heavy atom. The summed E-state index contributed by atoms with van der Waals surface area (Å²) in [6.07, 6.45) is 5.33. The van der Waals surface area contributed by atoms with Gasteiger partial charge in [-0.1, -0.05) is 6.07 Å². The maximum absolute atomic E-state index is 11.9. The van der Waals surface area contributed by atoms with Crippen molar-refractivity contribution in [3.8, 4) is 0 Å². The highest BCUT2D eigenvalue weighted by atomic mass is 16.1. The van der Waals surface area contributed by atoms with Gasteiger partial charge >= 0.3 is 0 Å². The predicted molar refractivity (Wildman–Crippen MR) is 97.9 cm³/mol. The molecule has 1 saturated heterocycles. The lowest BCUT2D eigenvalue weighted by atomic mass is 10.1. The Hall–Kier alpha value is -2.70. The fraction of sp³-hybridized carbons (Fsp3) is 0.444. The molecule has 0 spiro atoms. The number of aryl methyl sites for hydroxylation is 1. The van der Waals surface area contributed by atoms with Gasteiger partial charge in [0.15, 0.2) is 0 Å². The van der Waals surface area contributed by atoms with Crippen LogP contribution in [0.15, 0.2) is 30.5 Å². The summed E-state index contributed by atoms with van der Waals surface area (Å²) in [6, 6.07) is 7.30. The van der Waals surface area contributed by atoms with E-state index >= 15 is 0 Å². The number of nitrogens with zero attached hydrogens (tertiary/aromatic N) is 4. The van der Waals surface area contributed by atoms with E-state index in [0.29, 0.717) is 24.7 Å². The Morgan fingerprint density at radius 1 is 1.16 bits per heavy atom. The van der Waals surface area contributed by atoms with Crippen molar-refractivity contribution >= 4 is 17.7 Å². The first-order valence-corrected chi connectivity index (χ1v) is 8.76. The molecule has 2 N–H and O–H groups in total. The molecule has 1 amide bonds. The molecule has 3 heterocycles. The van der Waals surface area contributed by atoms with Gasteiger partial charge in [-0.05, 0) is 38.3 Å². The lowest BCUT2D eigenvalue weighted by Crippen LogP contribution is -2.31. The van der Waals surface area contributed by atoms with Crippen molar-refractivity contribution in [2.75, 3.05) is 36.4 Å². The minimum absolute atomic E-state index is 0.179. The second kappa shape index (κ2) is 8.41. The number of pyridine rings is 1. The van der Waals surface area contributed by atoms with Crippen molar-refractivity contribution in [2.24, 2.45) is 0 Å². The average molecular weight is 340 g/mol. The van der Waals surface area contributed by atoms with Gasteiger partial charge in [0.25, 0.3) is 5.91 Å². The van der Waals surface area contributed by atoms with E-state index in [1.807, 2.05) is 13.0 Å². The summed E-state index contributed by atoms with van der Waals surface area (Å²) in [7, 11) is 0. The molecule has 0 bridgehead atoms. The van der Waals surface area contributed by atoms with Gasteiger partial charge in [0.2, 0.25) is 5.95 Å². The molecule has 7 heteroatoms. The van der Waals surface area contributed by atoms with Crippen LogP contribution in [0.5, 0.6) is 0 Å². The van der Waals surface area contributed by atoms with E-state index in [1.165, 1.54) is 19.3 Å². The first kappa shape index (κ1) is 17.1. The van der Waals surface area contributed by atoms with Gasteiger partial charge in [-0.25, -0.2) is 4.98 Å². The fourth-order valence-corrected chi connectivity index (χ4v) is 2.85. The maximum Gasteiger partial charge on any atom is 0.269 e. The van der Waals surface area contributed by atoms with Crippen LogP contribution in [0, 0.1) is 6.92 Å². The van der Waals surface area contributed by atoms with Gasteiger partial charge in [0.1, 0.15) is 11.5 Å². The third kappa shape index (κ3) is 4.89. The lowest BCUT2D eigenvalue weighted by Gasteiger charge is -2.28. The van der Waals surface area contributed by atoms with Crippen molar-refractivity contribution in [1.82, 2.24) is 20.3 Å². The molecule has 0 radical (unpaired) electrons. The molecule has 0 atom stereocenters. The number of piperidine rings is 1. The maximum atomic E-state index is 11.9. The van der Waals surface area contributed by atoms with Crippen molar-refractivity contribution in [3.63, 3.8) is 0 Å². The van der Waals surface area contributed by atoms with E-state index in [4.69, 9.17) is 0 Å². The van der Waals surface area contributed by atoms with Crippen LogP contribution in [0.3, 0.4) is 0 Å². The van der Waals surface area contributed by atoms with Crippen LogP contribution in [0.25, 0.3) is 0 Å². The minimum Gasteiger partial charge on any atom is -0.356 e. The number of nitrogens with one attached hydrogen (secondary N) is 2. The van der Waals surface area contributed by atoms with E-state index in [-0.39, 0.29) is 5.91 Å². The van der Waals surface area contributed by atoms with Gasteiger partial charge in [0.05, 0.1) is 0 Å². The SMILES string of the molecule is Cc1cc(N2CCCCC2)nc(NCCNC(=O)c2ccccn2)n1. The normalized spacial score (nSPS) is 14.2. The summed E-state index contributed by atoms with van der Waals surface area (Å²) in [5.74, 6) is 1.40. The first-order valence-electron chi connectivity index (χ1n) is 8.76. The van der Waals surface area contributed by atoms with Gasteiger partial charge in [0, 0.05) is 44.1 Å². The fourth-order valence-electron chi connectivity index (χ4n) is 2.85. The summed E-state index contributed by atoms with van der Waals surface area (Å²) < 4.78 is 0. The molecule has 2 aromatic heterocycles. The topological polar surface area (TPSA) is 83.0 Å². The Labute approximate surface area is 147 Å². The highest BCUT2D eigenvalue weighted by Crippen LogP contribution is 2.19. The number of aromatic nitrogens is 3. The summed E-state index contributed by atoms with van der Waals surface area (Å²) >= 11 is 0. The monoisotopic (exact) mass is 340 g/mol. The number of amides is 1. The van der Waals surface area contributed by atoms with Gasteiger partial charge in [-0.3, -0.25) is 9.78 Å². The quantitative estimate of drug-likeness (QED) is 0.783. The first-order chi connectivity index (χ1) is 12.2. The Bertz CT molecular complexity index is 700. The van der Waals surface area contributed by atoms with Gasteiger partial charge < -0.3 is 15.5 Å². The molecule has 2 aromatic rings. The van der Waals surface area contributed by atoms with E-state index in [0.717, 1.165) is 24.6 Å². The number of carbonyl (C=O) groups is 1. The number of carbonyl (C=O) groups excluding carboxylic acids is 1. The summed E-state index contributed by atoms with van der Waals surface area (Å²) in [4.78, 5) is 27.3. The van der Waals surface area contributed by atoms with Crippen LogP contribution >= 0.6 is 0 Å². The molecule has 132 valence electrons. The second-order valence-corrected chi connectivity index (χ2v) is 6.14. The lowest BCUT2D eigenvalue weighted by molar-refractivity contribution is 0.0950. The van der Waals surface area contributed by atoms with Crippen molar-refractivity contribution in [3.05, 3.63) is 41.9 Å². The highest BCUT2D eigenvalue weighted by Gasteiger charge is 2.13. The van der Waals surface area contributed by atoms with Crippen LogP contribution in [-0.4, -0.2) is 47.0 Å². The van der Waals surface area contributed by atoms with E-state index < -0.39 is 0 Å². The zero-order valence-electron chi connectivity index (χ0n) is 14.5. The smallest absolute Gasteiger partial charge is 0.269 e. The molecule has 0 aromatic carbocycles. The van der Waals surface area contributed by atoms with Crippen molar-refractivity contribution in [1.29, 1.82) is 0 Å². The van der Waals surface area contributed by atoms with Gasteiger partial charge in [-0.15, -0.1) is 0 Å². The molecule has 1 aliphatic heterocycles. The largest absolute Gasteiger partial charge is 0.356 e. The van der Waals surface area contributed by atoms with Crippen LogP contribution in [0.4, 0.5) is 11.8 Å².